The number of benzene rings is 4. The second kappa shape index (κ2) is 43.5. The fraction of sp³-hybridized carbons (Fsp3) is 0.522. The first-order chi connectivity index (χ1) is 47.9. The van der Waals surface area contributed by atoms with E-state index in [0.717, 1.165) is 36.1 Å². The number of nitrogens with one attached hydrogen (secondary N) is 7. The van der Waals surface area contributed by atoms with Crippen molar-refractivity contribution < 1.29 is 133 Å². The van der Waals surface area contributed by atoms with E-state index < -0.39 is 152 Å². The van der Waals surface area contributed by atoms with Crippen molar-refractivity contribution in [1.29, 1.82) is 0 Å². The minimum atomic E-state index is -2.53. The number of aliphatic carboxylic acids is 2. The van der Waals surface area contributed by atoms with Crippen LogP contribution in [0, 0.1) is 0 Å². The van der Waals surface area contributed by atoms with Crippen LogP contribution in [0.1, 0.15) is 98.8 Å². The third-order valence-electron chi connectivity index (χ3n) is 16.5. The van der Waals surface area contributed by atoms with Crippen LogP contribution in [0.4, 0.5) is 0 Å². The number of carboxylic acids is 2. The van der Waals surface area contributed by atoms with E-state index in [1.54, 1.807) is 48.5 Å². The Labute approximate surface area is 616 Å². The van der Waals surface area contributed by atoms with Gasteiger partial charge in [-0.25, -0.2) is 9.59 Å². The van der Waals surface area contributed by atoms with Crippen LogP contribution in [0.15, 0.2) is 109 Å². The number of carboxylic acid groups (broad SMARTS) is 2. The number of thioether (sulfide) groups is 2. The minimum Gasteiger partial charge on any atom is -0.477 e. The topological polar surface area (TPSA) is 463 Å². The maximum absolute atomic E-state index is 13.5. The van der Waals surface area contributed by atoms with E-state index in [1.165, 1.54) is 23.5 Å². The fourth-order valence-corrected chi connectivity index (χ4v) is 12.8. The van der Waals surface area contributed by atoms with Gasteiger partial charge in [-0.2, -0.15) is 23.5 Å². The fourth-order valence-electron chi connectivity index (χ4n) is 11.2. The van der Waals surface area contributed by atoms with Gasteiger partial charge >= 0.3 is 41.5 Å². The Balaban J connectivity index is 0.0000184. The zero-order valence-electron chi connectivity index (χ0n) is 56.9. The van der Waals surface area contributed by atoms with Crippen molar-refractivity contribution in [3.63, 3.8) is 0 Å². The number of aliphatic hydroxyl groups is 6. The first-order valence-electron chi connectivity index (χ1n) is 33.2. The second-order valence-electron chi connectivity index (χ2n) is 24.2. The Hall–Kier alpha value is -6.63. The average molecular weight is 1460 g/mol. The van der Waals surface area contributed by atoms with Crippen LogP contribution < -0.4 is 72.5 Å². The van der Waals surface area contributed by atoms with E-state index in [0.29, 0.717) is 48.8 Å². The van der Waals surface area contributed by atoms with Gasteiger partial charge in [0.15, 0.2) is 0 Å². The molecule has 2 aliphatic rings. The van der Waals surface area contributed by atoms with Crippen molar-refractivity contribution in [2.45, 2.75) is 157 Å². The average Bonchev–Trinajstić information content (AvgIpc) is 0.778. The van der Waals surface area contributed by atoms with Crippen molar-refractivity contribution in [3.05, 3.63) is 120 Å². The third-order valence-corrected chi connectivity index (χ3v) is 18.7. The van der Waals surface area contributed by atoms with Crippen molar-refractivity contribution in [1.82, 2.24) is 37.2 Å². The summed E-state index contributed by atoms with van der Waals surface area (Å²) in [7, 11) is 0. The number of hydrogen-bond donors (Lipinski definition) is 16. The summed E-state index contributed by atoms with van der Waals surface area (Å²) in [6.45, 7) is 1.57. The zero-order valence-corrected chi connectivity index (χ0v) is 60.5. The molecule has 7 amide bonds. The van der Waals surface area contributed by atoms with Crippen molar-refractivity contribution in [2.24, 2.45) is 5.73 Å². The maximum Gasteiger partial charge on any atom is 1.00 e. The van der Waals surface area contributed by atoms with Gasteiger partial charge in [0.25, 0.3) is 23.4 Å². The number of nitrogens with two attached hydrogens (primary N) is 1. The van der Waals surface area contributed by atoms with Gasteiger partial charge in [-0.3, -0.25) is 33.6 Å². The van der Waals surface area contributed by atoms with Crippen LogP contribution in [0.25, 0.3) is 22.3 Å². The Kier molecular flexibility index (Phi) is 36.6. The maximum atomic E-state index is 13.5. The van der Waals surface area contributed by atoms with Crippen molar-refractivity contribution >= 4 is 76.8 Å². The van der Waals surface area contributed by atoms with Gasteiger partial charge in [0.1, 0.15) is 30.5 Å². The molecule has 13 atom stereocenters. The number of carbonyl (C=O) groups is 9. The number of unbranched alkanes of at least 4 members (excludes halogenated alkanes) is 2. The van der Waals surface area contributed by atoms with E-state index in [9.17, 15) is 84.0 Å². The molecule has 0 aliphatic carbocycles. The van der Waals surface area contributed by atoms with Gasteiger partial charge in [-0.05, 0) is 96.7 Å². The van der Waals surface area contributed by atoms with Crippen LogP contribution in [0.3, 0.4) is 0 Å². The molecule has 0 bridgehead atoms. The molecule has 0 saturated carbocycles. The van der Waals surface area contributed by atoms with Gasteiger partial charge in [0.05, 0.1) is 49.7 Å². The van der Waals surface area contributed by atoms with Gasteiger partial charge in [-0.15, -0.1) is 0 Å². The monoisotopic (exact) mass is 1460 g/mol. The molecule has 2 saturated heterocycles. The number of amides is 7. The summed E-state index contributed by atoms with van der Waals surface area (Å²) in [5, 5.41) is 106. The molecule has 0 aromatic heterocycles. The van der Waals surface area contributed by atoms with Crippen LogP contribution in [0.5, 0.6) is 0 Å². The first kappa shape index (κ1) is 85.0. The Morgan fingerprint density at radius 1 is 0.535 bits per heavy atom. The molecule has 548 valence electrons. The molecule has 2 heterocycles. The van der Waals surface area contributed by atoms with Gasteiger partial charge in [0.2, 0.25) is 29.5 Å². The van der Waals surface area contributed by atoms with Crippen LogP contribution in [0.2, 0.25) is 0 Å². The summed E-state index contributed by atoms with van der Waals surface area (Å²) in [5.74, 6) is -10.6. The summed E-state index contributed by atoms with van der Waals surface area (Å²) in [6.07, 6.45) is -13.1. The number of aliphatic hydroxyl groups excluding tert-OH is 6. The standard InChI is InChI=1S/C69H94N8O21S2.Na/c1-42(78)75-57-51(80)38-68(66(91)92,97-61(57)59(86)53(82)40-73-63(88)48-23-19-46(20-24-48)44-14-6-3-7-15-44)95-32-12-34-99-36-30-71-55(84)28-27-50(77-56(85)18-10-5-11-29-70)65(90)72-31-37-100-35-13-33-96-69(67(93)94)39-52(81)58(76-43(2)79)62(98-69)60(87)54(83)41-74-64(89)49-25-21-47(22-26-49)45-16-8-4-9-17-45;/h3-4,6-9,14-17,19-26,50-54,57-62,80-83,86-87H,5,10-13,18,27-41,70H2,1-2H3,(H,71,84)(H,72,90)(H,73,88)(H,74,89)(H,75,78)(H,76,79)(H,77,85)(H,91,92)(H,93,94);/q;+1/t50?,51-,52-,53+,54+,57+,58+,59?,60?,61+,62+,68+,69+;/m0./s1. The van der Waals surface area contributed by atoms with Gasteiger partial charge < -0.3 is 103 Å². The first-order valence-corrected chi connectivity index (χ1v) is 35.5. The Morgan fingerprint density at radius 2 is 0.950 bits per heavy atom. The Morgan fingerprint density at radius 3 is 1.36 bits per heavy atom. The van der Waals surface area contributed by atoms with E-state index in [-0.39, 0.29) is 105 Å². The van der Waals surface area contributed by atoms with E-state index in [1.807, 2.05) is 60.7 Å². The number of rotatable bonds is 42. The molecule has 101 heavy (non-hydrogen) atoms. The molecule has 4 aromatic rings. The molecule has 2 fully saturated rings. The predicted octanol–water partition coefficient (Wildman–Crippen LogP) is -2.20. The zero-order chi connectivity index (χ0) is 72.8. The van der Waals surface area contributed by atoms with E-state index >= 15 is 0 Å². The van der Waals surface area contributed by atoms with Crippen molar-refractivity contribution in [2.75, 3.05) is 68.9 Å². The predicted molar refractivity (Wildman–Crippen MR) is 370 cm³/mol. The number of carbonyl (C=O) groups excluding carboxylic acids is 7. The largest absolute Gasteiger partial charge is 1.00 e. The quantitative estimate of drug-likeness (QED) is 0.0165. The summed E-state index contributed by atoms with van der Waals surface area (Å²) in [6, 6.07) is 28.4. The third kappa shape index (κ3) is 26.9. The molecule has 6 rings (SSSR count). The molecule has 32 heteroatoms. The van der Waals surface area contributed by atoms with Crippen LogP contribution >= 0.6 is 23.5 Å². The molecule has 2 aliphatic heterocycles. The summed E-state index contributed by atoms with van der Waals surface area (Å²) >= 11 is 2.76. The SMILES string of the molecule is CC(=O)N[C@@H]1[C@@H](O)C[C@](OCCCSCCNC(=O)CCC(NC(=O)CCCCCN)C(=O)NCCSCCCO[C@]2(C(=O)O)C[C@H](O)[C@@H](NC(C)=O)[C@H](C(O)[C@H](O)CNC(=O)c3ccc(-c4ccccc4)cc3)O2)(C(=O)O)O[C@H]1C(O)[C@H](O)CNC(=O)c1ccc(-c2ccccc2)cc1.[Na+]. The van der Waals surface area contributed by atoms with E-state index in [2.05, 4.69) is 37.2 Å². The molecule has 3 unspecified atom stereocenters. The number of ether oxygens (including phenoxy) is 4. The summed E-state index contributed by atoms with van der Waals surface area (Å²) in [4.78, 5) is 116. The summed E-state index contributed by atoms with van der Waals surface area (Å²) < 4.78 is 23.2. The molecule has 0 spiro atoms. The molecule has 29 nitrogen and oxygen atoms in total. The van der Waals surface area contributed by atoms with Crippen LogP contribution in [-0.2, 0) is 52.5 Å². The molecule has 17 N–H and O–H groups in total. The molecular formula is C69H94N8NaO21S2+. The normalized spacial score (nSPS) is 21.7. The molecular weight excluding hydrogens is 1360 g/mol. The van der Waals surface area contributed by atoms with E-state index in [4.69, 9.17) is 24.7 Å². The molecule has 0 radical (unpaired) electrons. The smallest absolute Gasteiger partial charge is 0.477 e. The molecule has 4 aromatic carbocycles. The van der Waals surface area contributed by atoms with Crippen molar-refractivity contribution in [3.8, 4) is 22.3 Å². The summed E-state index contributed by atoms with van der Waals surface area (Å²) in [5.41, 5.74) is 9.71. The minimum absolute atomic E-state index is 0. The second-order valence-corrected chi connectivity index (χ2v) is 26.7. The Bertz CT molecular complexity index is 3290. The van der Waals surface area contributed by atoms with Gasteiger partial charge in [-0.1, -0.05) is 91.3 Å². The van der Waals surface area contributed by atoms with Gasteiger partial charge in [0, 0.05) is 88.3 Å². The van der Waals surface area contributed by atoms with Crippen LogP contribution in [-0.4, -0.2) is 242 Å². The number of hydrogen-bond acceptors (Lipinski definition) is 22.